The highest BCUT2D eigenvalue weighted by Gasteiger charge is 2.39. The van der Waals surface area contributed by atoms with E-state index in [1.165, 1.54) is 5.56 Å². The van der Waals surface area contributed by atoms with Gasteiger partial charge in [0.2, 0.25) is 11.9 Å². The number of rotatable bonds is 8. The molecule has 5 rings (SSSR count). The van der Waals surface area contributed by atoms with E-state index < -0.39 is 12.1 Å². The molecule has 2 amide bonds. The number of ether oxygens (including phenoxy) is 1. The number of primary amides is 1. The number of anilines is 1. The molecule has 2 aromatic rings. The number of nitrogens with one attached hydrogen (secondary N) is 1. The summed E-state index contributed by atoms with van der Waals surface area (Å²) in [6, 6.07) is 10.5. The number of carbonyl (C=O) groups excluding carboxylic acids is 2. The summed E-state index contributed by atoms with van der Waals surface area (Å²) in [5.41, 5.74) is 9.35. The number of carbonyl (C=O) groups is 2. The Kier molecular flexibility index (Phi) is 6.05. The highest BCUT2D eigenvalue weighted by Crippen LogP contribution is 2.41. The predicted octanol–water partition coefficient (Wildman–Crippen LogP) is 1.71. The van der Waals surface area contributed by atoms with Crippen molar-refractivity contribution in [3.8, 4) is 5.75 Å². The molecule has 0 spiro atoms. The Labute approximate surface area is 202 Å². The predicted molar refractivity (Wildman–Crippen MR) is 128 cm³/mol. The number of benzene rings is 2. The van der Waals surface area contributed by atoms with Gasteiger partial charge in [0.1, 0.15) is 23.5 Å². The molecule has 3 aliphatic rings. The van der Waals surface area contributed by atoms with E-state index in [2.05, 4.69) is 21.3 Å². The van der Waals surface area contributed by atoms with Crippen LogP contribution in [0.3, 0.4) is 0 Å². The van der Waals surface area contributed by atoms with Gasteiger partial charge < -0.3 is 25.4 Å². The van der Waals surface area contributed by atoms with Gasteiger partial charge in [0.25, 0.3) is 5.91 Å². The van der Waals surface area contributed by atoms with Crippen LogP contribution < -0.4 is 20.7 Å². The average Bonchev–Trinajstić information content (AvgIpc) is 3.38. The maximum atomic E-state index is 12.2. The van der Waals surface area contributed by atoms with E-state index in [0.717, 1.165) is 24.2 Å². The fraction of sp³-hybridized carbons (Fsp3) is 0.375. The van der Waals surface area contributed by atoms with Gasteiger partial charge in [-0.05, 0) is 43.0 Å². The molecule has 2 atom stereocenters. The number of hydrogen-bond donors (Lipinski definition) is 3. The summed E-state index contributed by atoms with van der Waals surface area (Å²) in [4.78, 5) is 32.7. The van der Waals surface area contributed by atoms with E-state index in [1.54, 1.807) is 17.0 Å². The summed E-state index contributed by atoms with van der Waals surface area (Å²) >= 11 is 6.41. The second-order valence-electron chi connectivity index (χ2n) is 8.60. The summed E-state index contributed by atoms with van der Waals surface area (Å²) in [6.07, 6.45) is 2.09. The van der Waals surface area contributed by atoms with Crippen LogP contribution in [-0.2, 0) is 22.6 Å². The fourth-order valence-corrected chi connectivity index (χ4v) is 5.08. The first-order chi connectivity index (χ1) is 16.5. The Morgan fingerprint density at radius 3 is 2.94 bits per heavy atom. The van der Waals surface area contributed by atoms with Crippen molar-refractivity contribution in [1.82, 2.24) is 10.2 Å². The minimum absolute atomic E-state index is 0.298. The van der Waals surface area contributed by atoms with E-state index in [9.17, 15) is 14.7 Å². The number of amides is 2. The van der Waals surface area contributed by atoms with Crippen LogP contribution in [0.4, 0.5) is 11.4 Å². The monoisotopic (exact) mass is 483 g/mol. The maximum absolute atomic E-state index is 12.2. The van der Waals surface area contributed by atoms with Gasteiger partial charge in [-0.3, -0.25) is 14.9 Å². The van der Waals surface area contributed by atoms with Gasteiger partial charge in [0, 0.05) is 22.8 Å². The number of halogens is 1. The van der Waals surface area contributed by atoms with Gasteiger partial charge in [-0.15, -0.1) is 0 Å². The highest BCUT2D eigenvalue weighted by atomic mass is 35.5. The van der Waals surface area contributed by atoms with Crippen LogP contribution in [-0.4, -0.2) is 59.6 Å². The lowest BCUT2D eigenvalue weighted by Crippen LogP contribution is -2.44. The Morgan fingerprint density at radius 2 is 2.15 bits per heavy atom. The van der Waals surface area contributed by atoms with Crippen LogP contribution in [0.2, 0.25) is 5.02 Å². The lowest BCUT2D eigenvalue weighted by atomic mass is 10.1. The van der Waals surface area contributed by atoms with Gasteiger partial charge in [0.15, 0.2) is 0 Å². The largest absolute Gasteiger partial charge is 0.491 e. The number of aliphatic hydroxyl groups excluding tert-OH is 1. The molecule has 0 aromatic heterocycles. The first-order valence-electron chi connectivity index (χ1n) is 11.3. The Balaban J connectivity index is 1.26. The van der Waals surface area contributed by atoms with Crippen LogP contribution in [0, 0.1) is 0 Å². The first kappa shape index (κ1) is 22.5. The number of nitrogens with two attached hydrogens (primary N) is 1. The quantitative estimate of drug-likeness (QED) is 0.491. The number of hydrogen-bond acceptors (Lipinski definition) is 7. The molecule has 4 N–H and O–H groups in total. The molecule has 34 heavy (non-hydrogen) atoms. The van der Waals surface area contributed by atoms with Crippen LogP contribution in [0.1, 0.15) is 24.0 Å². The molecular weight excluding hydrogens is 458 g/mol. The first-order valence-corrected chi connectivity index (χ1v) is 11.7. The van der Waals surface area contributed by atoms with Crippen molar-refractivity contribution in [3.63, 3.8) is 0 Å². The molecule has 10 heteroatoms. The topological polar surface area (TPSA) is 120 Å². The summed E-state index contributed by atoms with van der Waals surface area (Å²) in [6.45, 7) is 1.17. The molecule has 0 saturated carbocycles. The van der Waals surface area contributed by atoms with Crippen LogP contribution in [0.15, 0.2) is 41.4 Å². The van der Waals surface area contributed by atoms with Crippen molar-refractivity contribution in [2.24, 2.45) is 10.7 Å². The highest BCUT2D eigenvalue weighted by molar-refractivity contribution is 6.32. The van der Waals surface area contributed by atoms with Crippen molar-refractivity contribution in [1.29, 1.82) is 0 Å². The van der Waals surface area contributed by atoms with E-state index in [0.29, 0.717) is 48.4 Å². The lowest BCUT2D eigenvalue weighted by molar-refractivity contribution is -0.122. The third-order valence-corrected chi connectivity index (χ3v) is 6.95. The van der Waals surface area contributed by atoms with Gasteiger partial charge >= 0.3 is 0 Å². The zero-order valence-electron chi connectivity index (χ0n) is 18.5. The second kappa shape index (κ2) is 9.15. The summed E-state index contributed by atoms with van der Waals surface area (Å²) in [5.74, 6) is 0.289. The molecule has 3 heterocycles. The number of guanidine groups is 1. The Hall–Kier alpha value is -3.30. The van der Waals surface area contributed by atoms with Crippen LogP contribution >= 0.6 is 11.6 Å². The molecule has 9 nitrogen and oxygen atoms in total. The van der Waals surface area contributed by atoms with Crippen molar-refractivity contribution >= 4 is 40.7 Å². The van der Waals surface area contributed by atoms with E-state index in [-0.39, 0.29) is 18.4 Å². The molecule has 0 radical (unpaired) electrons. The molecule has 1 saturated heterocycles. The van der Waals surface area contributed by atoms with Crippen LogP contribution in [0.25, 0.3) is 0 Å². The number of para-hydroxylation sites is 1. The van der Waals surface area contributed by atoms with Crippen LogP contribution in [0.5, 0.6) is 5.75 Å². The average molecular weight is 484 g/mol. The number of nitrogens with zero attached hydrogens (tertiary/aromatic N) is 3. The van der Waals surface area contributed by atoms with Gasteiger partial charge in [-0.25, -0.2) is 4.99 Å². The number of aliphatic imine (C=N–C) groups is 1. The van der Waals surface area contributed by atoms with Crippen molar-refractivity contribution < 1.29 is 19.4 Å². The molecular formula is C24H26ClN5O4. The summed E-state index contributed by atoms with van der Waals surface area (Å²) in [5, 5.41) is 12.8. The minimum atomic E-state index is -0.686. The lowest BCUT2D eigenvalue weighted by Gasteiger charge is -2.29. The fourth-order valence-electron chi connectivity index (χ4n) is 4.87. The zero-order valence-corrected chi connectivity index (χ0v) is 19.3. The molecule has 178 valence electrons. The molecule has 1 fully saturated rings. The second-order valence-corrected chi connectivity index (χ2v) is 9.01. The Bertz CT molecular complexity index is 1170. The maximum Gasteiger partial charge on any atom is 0.251 e. The van der Waals surface area contributed by atoms with Gasteiger partial charge in [-0.1, -0.05) is 29.8 Å². The molecule has 2 unspecified atom stereocenters. The number of aliphatic hydroxyl groups is 1. The van der Waals surface area contributed by atoms with E-state index >= 15 is 0 Å². The van der Waals surface area contributed by atoms with Gasteiger partial charge in [-0.2, -0.15) is 0 Å². The van der Waals surface area contributed by atoms with Crippen molar-refractivity contribution in [2.75, 3.05) is 24.7 Å². The standard InChI is InChI=1S/C24H26ClN5O4/c25-16-7-8-20(21-15(16)12-30-19(13-31)23(33)28-24(30)27-21)34-11-3-6-18(22(26)32)29-10-9-14-4-1-2-5-17(14)29/h1-2,4-5,7-8,18-19,31H,3,6,9-13H2,(H2,26,32)(H,27,28,33). The third kappa shape index (κ3) is 3.95. The van der Waals surface area contributed by atoms with Crippen molar-refractivity contribution in [2.45, 2.75) is 37.9 Å². The molecule has 3 aliphatic heterocycles. The summed E-state index contributed by atoms with van der Waals surface area (Å²) < 4.78 is 6.03. The molecule has 2 aromatic carbocycles. The minimum Gasteiger partial charge on any atom is -0.491 e. The summed E-state index contributed by atoms with van der Waals surface area (Å²) in [7, 11) is 0. The van der Waals surface area contributed by atoms with Crippen molar-refractivity contribution in [3.05, 3.63) is 52.5 Å². The SMILES string of the molecule is NC(=O)C(CCCOc1ccc(Cl)c2c1N=C1NC(=O)C(CO)N1C2)N1CCc2ccccc21. The van der Waals surface area contributed by atoms with E-state index in [1.807, 2.05) is 18.2 Å². The number of fused-ring (bicyclic) bond motifs is 3. The molecule has 0 bridgehead atoms. The van der Waals surface area contributed by atoms with Gasteiger partial charge in [0.05, 0.1) is 19.8 Å². The zero-order chi connectivity index (χ0) is 23.8. The normalized spacial score (nSPS) is 19.2. The van der Waals surface area contributed by atoms with E-state index in [4.69, 9.17) is 22.1 Å². The Morgan fingerprint density at radius 1 is 1.32 bits per heavy atom. The smallest absolute Gasteiger partial charge is 0.251 e. The molecule has 0 aliphatic carbocycles. The third-order valence-electron chi connectivity index (χ3n) is 6.60.